The van der Waals surface area contributed by atoms with E-state index in [1.54, 1.807) is 24.3 Å². The molecule has 4 aromatic rings. The summed E-state index contributed by atoms with van der Waals surface area (Å²) in [5.74, 6) is 1.88. The minimum Gasteiger partial charge on any atom is -0.486 e. The van der Waals surface area contributed by atoms with Crippen LogP contribution in [-0.4, -0.2) is 66.0 Å². The predicted molar refractivity (Wildman–Crippen MR) is 189 cm³/mol. The monoisotopic (exact) mass is 693 g/mol. The van der Waals surface area contributed by atoms with Gasteiger partial charge in [0.25, 0.3) is 0 Å². The van der Waals surface area contributed by atoms with Crippen molar-refractivity contribution in [1.82, 2.24) is 8.61 Å². The summed E-state index contributed by atoms with van der Waals surface area (Å²) in [5.41, 5.74) is 10.1. The SMILES string of the molecule is CC(=O)COc1ccc(S(=O)(=O)N(C)C)cc1.CC1=C(Oc2ccc(S(=O)(=O)N(C)C)cc2)c2ccccc2C1.NCc1ccccc1. The van der Waals surface area contributed by atoms with Crippen LogP contribution in [0.5, 0.6) is 11.5 Å². The summed E-state index contributed by atoms with van der Waals surface area (Å²) in [6, 6.07) is 30.6. The number of nitrogens with zero attached hydrogens (tertiary/aromatic N) is 2. The van der Waals surface area contributed by atoms with E-state index in [2.05, 4.69) is 13.0 Å². The first-order valence-electron chi connectivity index (χ1n) is 15.0. The number of hydrogen-bond acceptors (Lipinski definition) is 8. The number of rotatable bonds is 10. The highest BCUT2D eigenvalue weighted by molar-refractivity contribution is 7.89. The number of ketones is 1. The van der Waals surface area contributed by atoms with E-state index in [0.717, 1.165) is 22.0 Å². The summed E-state index contributed by atoms with van der Waals surface area (Å²) in [6.45, 7) is 4.10. The van der Waals surface area contributed by atoms with Gasteiger partial charge < -0.3 is 15.2 Å². The second-order valence-corrected chi connectivity index (χ2v) is 15.5. The van der Waals surface area contributed by atoms with Gasteiger partial charge in [0.15, 0.2) is 5.78 Å². The third-order valence-corrected chi connectivity index (χ3v) is 10.7. The Balaban J connectivity index is 0.000000219. The molecule has 0 aliphatic heterocycles. The fourth-order valence-electron chi connectivity index (χ4n) is 4.36. The Hall–Kier alpha value is -4.33. The minimum atomic E-state index is -3.41. The molecule has 0 atom stereocenters. The number of ether oxygens (including phenoxy) is 2. The highest BCUT2D eigenvalue weighted by Crippen LogP contribution is 2.34. The van der Waals surface area contributed by atoms with Gasteiger partial charge in [0.1, 0.15) is 23.9 Å². The van der Waals surface area contributed by atoms with Gasteiger partial charge in [-0.1, -0.05) is 54.6 Å². The lowest BCUT2D eigenvalue weighted by Crippen LogP contribution is -2.22. The molecule has 10 nitrogen and oxygen atoms in total. The second-order valence-electron chi connectivity index (χ2n) is 11.2. The first kappa shape index (κ1) is 38.1. The van der Waals surface area contributed by atoms with Gasteiger partial charge in [-0.2, -0.15) is 0 Å². The maximum atomic E-state index is 12.1. The van der Waals surface area contributed by atoms with Gasteiger partial charge in [0.05, 0.1) is 9.79 Å². The molecule has 0 saturated heterocycles. The van der Waals surface area contributed by atoms with Crippen LogP contribution in [-0.2, 0) is 37.8 Å². The summed E-state index contributed by atoms with van der Waals surface area (Å²) in [5, 5.41) is 0. The van der Waals surface area contributed by atoms with Crippen molar-refractivity contribution >= 4 is 31.6 Å². The number of carbonyl (C=O) groups is 1. The fraction of sp³-hybridized carbons (Fsp3) is 0.250. The summed E-state index contributed by atoms with van der Waals surface area (Å²) < 4.78 is 61.1. The lowest BCUT2D eigenvalue weighted by Gasteiger charge is -2.13. The fourth-order valence-corrected chi connectivity index (χ4v) is 6.16. The molecule has 256 valence electrons. The number of allylic oxidation sites excluding steroid dienone is 1. The van der Waals surface area contributed by atoms with Crippen LogP contribution in [0.15, 0.2) is 118 Å². The molecule has 1 aliphatic carbocycles. The summed E-state index contributed by atoms with van der Waals surface area (Å²) in [7, 11) is -0.859. The average molecular weight is 694 g/mol. The smallest absolute Gasteiger partial charge is 0.242 e. The predicted octanol–water partition coefficient (Wildman–Crippen LogP) is 5.35. The van der Waals surface area contributed by atoms with Crippen molar-refractivity contribution in [3.05, 3.63) is 125 Å². The Bertz CT molecular complexity index is 1910. The molecular weight excluding hydrogens is 651 g/mol. The van der Waals surface area contributed by atoms with Crippen LogP contribution in [0.4, 0.5) is 0 Å². The molecule has 0 bridgehead atoms. The van der Waals surface area contributed by atoms with Crippen LogP contribution < -0.4 is 15.2 Å². The zero-order valence-electron chi connectivity index (χ0n) is 28.1. The lowest BCUT2D eigenvalue weighted by atomic mass is 10.1. The summed E-state index contributed by atoms with van der Waals surface area (Å²) in [6.07, 6.45) is 0.887. The van der Waals surface area contributed by atoms with E-state index in [-0.39, 0.29) is 22.2 Å². The van der Waals surface area contributed by atoms with E-state index in [4.69, 9.17) is 15.2 Å². The van der Waals surface area contributed by atoms with Crippen molar-refractivity contribution in [2.75, 3.05) is 34.8 Å². The van der Waals surface area contributed by atoms with Crippen LogP contribution in [0.1, 0.15) is 30.5 Å². The molecule has 0 amide bonds. The third-order valence-electron chi connectivity index (χ3n) is 7.05. The highest BCUT2D eigenvalue weighted by Gasteiger charge is 2.21. The van der Waals surface area contributed by atoms with Crippen molar-refractivity contribution < 1.29 is 31.1 Å². The summed E-state index contributed by atoms with van der Waals surface area (Å²) in [4.78, 5) is 11.2. The van der Waals surface area contributed by atoms with E-state index in [0.29, 0.717) is 18.0 Å². The number of Topliss-reactive ketones (excluding diaryl/α,β-unsaturated/α-hetero) is 1. The first-order chi connectivity index (χ1) is 22.7. The first-order valence-corrected chi connectivity index (χ1v) is 17.9. The van der Waals surface area contributed by atoms with Crippen LogP contribution >= 0.6 is 0 Å². The molecule has 2 N–H and O–H groups in total. The van der Waals surface area contributed by atoms with Gasteiger partial charge in [0, 0.05) is 40.3 Å². The quantitative estimate of drug-likeness (QED) is 0.235. The standard InChI is InChI=1S/C18H19NO3S.C11H15NO4S.C7H9N/c1-13-12-14-6-4-5-7-17(14)18(13)22-15-8-10-16(11-9-15)23(20,21)19(2)3;1-9(13)8-16-10-4-6-11(7-5-10)17(14,15)12(2)3;8-6-7-4-2-1-3-5-7/h4-11H,12H2,1-3H3;4-7H,8H2,1-3H3;1-5H,6,8H2. The third kappa shape index (κ3) is 10.3. The highest BCUT2D eigenvalue weighted by atomic mass is 32.2. The van der Waals surface area contributed by atoms with Crippen molar-refractivity contribution in [2.45, 2.75) is 36.6 Å². The van der Waals surface area contributed by atoms with E-state index in [9.17, 15) is 21.6 Å². The van der Waals surface area contributed by atoms with Gasteiger partial charge in [0.2, 0.25) is 20.0 Å². The molecule has 5 rings (SSSR count). The van der Waals surface area contributed by atoms with E-state index >= 15 is 0 Å². The van der Waals surface area contributed by atoms with Gasteiger partial charge >= 0.3 is 0 Å². The lowest BCUT2D eigenvalue weighted by molar-refractivity contribution is -0.118. The van der Waals surface area contributed by atoms with Crippen molar-refractivity contribution in [3.8, 4) is 11.5 Å². The van der Waals surface area contributed by atoms with Crippen molar-refractivity contribution in [2.24, 2.45) is 5.73 Å². The van der Waals surface area contributed by atoms with Crippen molar-refractivity contribution in [3.63, 3.8) is 0 Å². The Labute approximate surface area is 284 Å². The van der Waals surface area contributed by atoms with Gasteiger partial charge in [-0.15, -0.1) is 0 Å². The van der Waals surface area contributed by atoms with E-state index in [1.807, 2.05) is 48.5 Å². The molecule has 0 aromatic heterocycles. The maximum Gasteiger partial charge on any atom is 0.242 e. The van der Waals surface area contributed by atoms with Crippen LogP contribution in [0.25, 0.3) is 5.76 Å². The molecular formula is C36H43N3O7S2. The second kappa shape index (κ2) is 17.2. The Kier molecular flexibility index (Phi) is 13.6. The minimum absolute atomic E-state index is 0.0141. The number of hydrogen-bond donors (Lipinski definition) is 1. The number of benzene rings is 4. The Morgan fingerprint density at radius 2 is 1.19 bits per heavy atom. The molecule has 48 heavy (non-hydrogen) atoms. The molecule has 0 spiro atoms. The Morgan fingerprint density at radius 3 is 1.65 bits per heavy atom. The topological polar surface area (TPSA) is 136 Å². The van der Waals surface area contributed by atoms with Gasteiger partial charge in [-0.25, -0.2) is 25.4 Å². The molecule has 4 aromatic carbocycles. The van der Waals surface area contributed by atoms with Crippen molar-refractivity contribution in [1.29, 1.82) is 0 Å². The normalized spacial score (nSPS) is 12.4. The molecule has 0 unspecified atom stereocenters. The molecule has 12 heteroatoms. The van der Waals surface area contributed by atoms with Crippen LogP contribution in [0.2, 0.25) is 0 Å². The van der Waals surface area contributed by atoms with Gasteiger partial charge in [-0.3, -0.25) is 4.79 Å². The number of sulfonamides is 2. The average Bonchev–Trinajstić information content (AvgIpc) is 3.39. The van der Waals surface area contributed by atoms with E-state index in [1.165, 1.54) is 80.4 Å². The molecule has 1 aliphatic rings. The molecule has 0 radical (unpaired) electrons. The van der Waals surface area contributed by atoms with Gasteiger partial charge in [-0.05, 0) is 85.5 Å². The summed E-state index contributed by atoms with van der Waals surface area (Å²) >= 11 is 0. The largest absolute Gasteiger partial charge is 0.486 e. The van der Waals surface area contributed by atoms with E-state index < -0.39 is 20.0 Å². The zero-order valence-corrected chi connectivity index (χ0v) is 29.7. The maximum absolute atomic E-state index is 12.1. The Morgan fingerprint density at radius 1 is 0.708 bits per heavy atom. The molecule has 0 heterocycles. The molecule has 0 fully saturated rings. The molecule has 0 saturated carbocycles. The zero-order chi connectivity index (χ0) is 35.5. The number of nitrogens with two attached hydrogens (primary N) is 1. The van der Waals surface area contributed by atoms with Crippen LogP contribution in [0, 0.1) is 0 Å². The number of fused-ring (bicyclic) bond motifs is 1. The number of carbonyl (C=O) groups excluding carboxylic acids is 1. The van der Waals surface area contributed by atoms with Crippen LogP contribution in [0.3, 0.4) is 0 Å².